The lowest BCUT2D eigenvalue weighted by molar-refractivity contribution is 0.0668. The fourth-order valence-electron chi connectivity index (χ4n) is 2.40. The van der Waals surface area contributed by atoms with E-state index >= 15 is 0 Å². The number of amides is 1. The van der Waals surface area contributed by atoms with E-state index in [2.05, 4.69) is 0 Å². The highest BCUT2D eigenvalue weighted by Gasteiger charge is 2.23. The van der Waals surface area contributed by atoms with Gasteiger partial charge in [0.15, 0.2) is 0 Å². The highest BCUT2D eigenvalue weighted by Crippen LogP contribution is 2.26. The van der Waals surface area contributed by atoms with Crippen molar-refractivity contribution < 1.29 is 14.6 Å². The molecule has 0 spiro atoms. The number of methoxy groups -OCH3 is 1. The third-order valence-corrected chi connectivity index (χ3v) is 4.01. The van der Waals surface area contributed by atoms with Gasteiger partial charge >= 0.3 is 0 Å². The van der Waals surface area contributed by atoms with E-state index < -0.39 is 0 Å². The van der Waals surface area contributed by atoms with E-state index in [1.807, 2.05) is 44.2 Å². The second kappa shape index (κ2) is 7.68. The maximum Gasteiger partial charge on any atom is 0.258 e. The van der Waals surface area contributed by atoms with Crippen molar-refractivity contribution in [2.75, 3.05) is 7.11 Å². The Kier molecular flexibility index (Phi) is 5.63. The summed E-state index contributed by atoms with van der Waals surface area (Å²) in [4.78, 5) is 14.7. The lowest BCUT2D eigenvalue weighted by Crippen LogP contribution is -2.37. The minimum Gasteiger partial charge on any atom is -0.507 e. The van der Waals surface area contributed by atoms with Crippen LogP contribution in [0.1, 0.15) is 36.2 Å². The van der Waals surface area contributed by atoms with Gasteiger partial charge in [-0.15, -0.1) is 0 Å². The molecule has 1 amide bonds. The number of carbonyl (C=O) groups is 1. The highest BCUT2D eigenvalue weighted by molar-refractivity contribution is 5.97. The molecule has 2 aromatic rings. The Balaban J connectivity index is 2.33. The van der Waals surface area contributed by atoms with Crippen molar-refractivity contribution in [1.82, 2.24) is 4.90 Å². The molecule has 1 atom stereocenters. The number of phenolic OH excluding ortho intramolecular Hbond substituents is 1. The Labute approximate surface area is 137 Å². The first-order valence-electron chi connectivity index (χ1n) is 7.78. The predicted molar refractivity (Wildman–Crippen MR) is 90.7 cm³/mol. The average Bonchev–Trinajstić information content (AvgIpc) is 2.59. The monoisotopic (exact) mass is 313 g/mol. The third kappa shape index (κ3) is 4.03. The van der Waals surface area contributed by atoms with Crippen LogP contribution >= 0.6 is 0 Å². The number of benzene rings is 2. The molecule has 0 aliphatic heterocycles. The molecule has 2 aromatic carbocycles. The van der Waals surface area contributed by atoms with Gasteiger partial charge in [0.05, 0.1) is 12.7 Å². The molecule has 4 heteroatoms. The van der Waals surface area contributed by atoms with Gasteiger partial charge in [-0.05, 0) is 37.1 Å². The molecule has 1 unspecified atom stereocenters. The van der Waals surface area contributed by atoms with Gasteiger partial charge in [0.2, 0.25) is 0 Å². The number of carbonyl (C=O) groups excluding carboxylic acids is 1. The second-order valence-electron chi connectivity index (χ2n) is 5.56. The van der Waals surface area contributed by atoms with Crippen molar-refractivity contribution in [3.05, 3.63) is 59.7 Å². The van der Waals surface area contributed by atoms with Crippen LogP contribution in [-0.4, -0.2) is 29.1 Å². The van der Waals surface area contributed by atoms with Crippen molar-refractivity contribution in [3.63, 3.8) is 0 Å². The van der Waals surface area contributed by atoms with Gasteiger partial charge in [0.1, 0.15) is 11.5 Å². The lowest BCUT2D eigenvalue weighted by atomic mass is 10.1. The fraction of sp³-hybridized carbons (Fsp3) is 0.316. The molecule has 0 aromatic heterocycles. The topological polar surface area (TPSA) is 49.8 Å². The first kappa shape index (κ1) is 16.9. The summed E-state index contributed by atoms with van der Waals surface area (Å²) in [7, 11) is 1.54. The normalized spacial score (nSPS) is 11.8. The summed E-state index contributed by atoms with van der Waals surface area (Å²) < 4.78 is 5.16. The minimum atomic E-state index is -0.195. The number of hydrogen-bond acceptors (Lipinski definition) is 3. The van der Waals surface area contributed by atoms with E-state index in [0.717, 1.165) is 12.0 Å². The molecular weight excluding hydrogens is 290 g/mol. The number of hydrogen-bond donors (Lipinski definition) is 1. The Hall–Kier alpha value is -2.49. The number of rotatable bonds is 6. The van der Waals surface area contributed by atoms with Crippen molar-refractivity contribution in [2.24, 2.45) is 0 Å². The van der Waals surface area contributed by atoms with Crippen molar-refractivity contribution in [3.8, 4) is 11.5 Å². The zero-order chi connectivity index (χ0) is 16.8. The molecule has 0 radical (unpaired) electrons. The summed E-state index contributed by atoms with van der Waals surface area (Å²) >= 11 is 0. The first-order valence-corrected chi connectivity index (χ1v) is 7.78. The second-order valence-corrected chi connectivity index (χ2v) is 5.56. The van der Waals surface area contributed by atoms with Crippen LogP contribution in [0.5, 0.6) is 11.5 Å². The Bertz CT molecular complexity index is 655. The summed E-state index contributed by atoms with van der Waals surface area (Å²) in [6.45, 7) is 4.56. The molecule has 0 bridgehead atoms. The largest absolute Gasteiger partial charge is 0.507 e. The van der Waals surface area contributed by atoms with Crippen LogP contribution in [0.4, 0.5) is 0 Å². The van der Waals surface area contributed by atoms with E-state index in [9.17, 15) is 9.90 Å². The smallest absolute Gasteiger partial charge is 0.258 e. The van der Waals surface area contributed by atoms with Crippen LogP contribution in [0.3, 0.4) is 0 Å². The molecule has 0 fully saturated rings. The summed E-state index contributed by atoms with van der Waals surface area (Å²) in [5.41, 5.74) is 1.32. The lowest BCUT2D eigenvalue weighted by Gasteiger charge is -2.29. The predicted octanol–water partition coefficient (Wildman–Crippen LogP) is 3.84. The molecule has 0 aliphatic rings. The number of nitrogens with zero attached hydrogens (tertiary/aromatic N) is 1. The Morgan fingerprint density at radius 1 is 1.22 bits per heavy atom. The van der Waals surface area contributed by atoms with Crippen LogP contribution in [-0.2, 0) is 6.54 Å². The Morgan fingerprint density at radius 2 is 1.91 bits per heavy atom. The molecule has 122 valence electrons. The summed E-state index contributed by atoms with van der Waals surface area (Å²) in [6, 6.07) is 14.6. The minimum absolute atomic E-state index is 0.0304. The molecule has 0 saturated heterocycles. The quantitative estimate of drug-likeness (QED) is 0.881. The van der Waals surface area contributed by atoms with Crippen molar-refractivity contribution in [1.29, 1.82) is 0 Å². The zero-order valence-corrected chi connectivity index (χ0v) is 13.8. The van der Waals surface area contributed by atoms with E-state index in [-0.39, 0.29) is 23.3 Å². The molecule has 0 aliphatic carbocycles. The standard InChI is InChI=1S/C19H23NO3/c1-4-14(2)20(13-15-8-6-5-7-9-15)19(22)17-12-16(23-3)10-11-18(17)21/h5-12,14,21H,4,13H2,1-3H3. The van der Waals surface area contributed by atoms with Gasteiger partial charge in [-0.3, -0.25) is 4.79 Å². The number of ether oxygens (including phenoxy) is 1. The highest BCUT2D eigenvalue weighted by atomic mass is 16.5. The molecule has 2 rings (SSSR count). The molecule has 0 saturated carbocycles. The van der Waals surface area contributed by atoms with Gasteiger partial charge in [-0.1, -0.05) is 37.3 Å². The van der Waals surface area contributed by atoms with Crippen LogP contribution in [0, 0.1) is 0 Å². The van der Waals surface area contributed by atoms with E-state index in [1.165, 1.54) is 13.2 Å². The number of phenols is 1. The van der Waals surface area contributed by atoms with E-state index in [0.29, 0.717) is 12.3 Å². The summed E-state index contributed by atoms with van der Waals surface area (Å²) in [5, 5.41) is 10.1. The average molecular weight is 313 g/mol. The fourth-order valence-corrected chi connectivity index (χ4v) is 2.40. The van der Waals surface area contributed by atoms with Crippen LogP contribution in [0.2, 0.25) is 0 Å². The first-order chi connectivity index (χ1) is 11.1. The zero-order valence-electron chi connectivity index (χ0n) is 13.8. The van der Waals surface area contributed by atoms with Gasteiger partial charge in [-0.25, -0.2) is 0 Å². The third-order valence-electron chi connectivity index (χ3n) is 4.01. The van der Waals surface area contributed by atoms with Crippen LogP contribution < -0.4 is 4.74 Å². The Morgan fingerprint density at radius 3 is 2.52 bits per heavy atom. The summed E-state index contributed by atoms with van der Waals surface area (Å²) in [6.07, 6.45) is 0.837. The molecule has 1 N–H and O–H groups in total. The van der Waals surface area contributed by atoms with E-state index in [4.69, 9.17) is 4.74 Å². The SMILES string of the molecule is CCC(C)N(Cc1ccccc1)C(=O)c1cc(OC)ccc1O. The van der Waals surface area contributed by atoms with Gasteiger partial charge < -0.3 is 14.7 Å². The molecular formula is C19H23NO3. The maximum absolute atomic E-state index is 12.9. The van der Waals surface area contributed by atoms with Crippen LogP contribution in [0.15, 0.2) is 48.5 Å². The molecule has 0 heterocycles. The summed E-state index contributed by atoms with van der Waals surface area (Å²) in [5.74, 6) is 0.326. The van der Waals surface area contributed by atoms with Gasteiger partial charge in [0.25, 0.3) is 5.91 Å². The van der Waals surface area contributed by atoms with Crippen molar-refractivity contribution >= 4 is 5.91 Å². The molecule has 23 heavy (non-hydrogen) atoms. The molecule has 4 nitrogen and oxygen atoms in total. The van der Waals surface area contributed by atoms with Gasteiger partial charge in [0, 0.05) is 12.6 Å². The van der Waals surface area contributed by atoms with Crippen molar-refractivity contribution in [2.45, 2.75) is 32.9 Å². The van der Waals surface area contributed by atoms with E-state index in [1.54, 1.807) is 17.0 Å². The number of aromatic hydroxyl groups is 1. The van der Waals surface area contributed by atoms with Crippen LogP contribution in [0.25, 0.3) is 0 Å². The van der Waals surface area contributed by atoms with Gasteiger partial charge in [-0.2, -0.15) is 0 Å². The maximum atomic E-state index is 12.9.